The normalized spacial score (nSPS) is 12.1. The van der Waals surface area contributed by atoms with Crippen molar-refractivity contribution in [2.75, 3.05) is 0 Å². The molecule has 4 N–H and O–H groups in total. The molecular weight excluding hydrogens is 210 g/mol. The van der Waals surface area contributed by atoms with Crippen molar-refractivity contribution in [1.82, 2.24) is 0 Å². The highest BCUT2D eigenvalue weighted by atomic mass is 16.4. The molecular formula is C11H13NO4. The van der Waals surface area contributed by atoms with Crippen molar-refractivity contribution in [2.24, 2.45) is 5.73 Å². The minimum absolute atomic E-state index is 0.111. The second-order valence-electron chi connectivity index (χ2n) is 3.56. The van der Waals surface area contributed by atoms with Gasteiger partial charge in [0.1, 0.15) is 11.8 Å². The molecule has 0 spiro atoms. The molecule has 1 atom stereocenters. The first-order chi connectivity index (χ1) is 7.41. The van der Waals surface area contributed by atoms with Crippen LogP contribution in [0.3, 0.4) is 0 Å². The Morgan fingerprint density at radius 3 is 2.56 bits per heavy atom. The predicted octanol–water partition coefficient (Wildman–Crippen LogP) is 0.549. The number of ketones is 1. The van der Waals surface area contributed by atoms with E-state index in [0.717, 1.165) is 0 Å². The lowest BCUT2D eigenvalue weighted by atomic mass is 10.0. The molecule has 0 radical (unpaired) electrons. The van der Waals surface area contributed by atoms with Gasteiger partial charge in [0.25, 0.3) is 0 Å². The molecule has 86 valence electrons. The Hall–Kier alpha value is -1.88. The Bertz CT molecular complexity index is 428. The molecule has 0 heterocycles. The molecule has 0 aliphatic carbocycles. The quantitative estimate of drug-likeness (QED) is 0.647. The average molecular weight is 223 g/mol. The van der Waals surface area contributed by atoms with Gasteiger partial charge in [0.15, 0.2) is 5.78 Å². The molecule has 0 unspecified atom stereocenters. The average Bonchev–Trinajstić information content (AvgIpc) is 2.20. The third-order valence-electron chi connectivity index (χ3n) is 2.21. The van der Waals surface area contributed by atoms with Crippen LogP contribution in [0.5, 0.6) is 5.75 Å². The zero-order chi connectivity index (χ0) is 12.3. The SMILES string of the molecule is CC(=O)c1cc(C[C@@H](N)C(=O)O)ccc1O. The number of Topliss-reactive ketones (excluding diaryl/α,β-unsaturated/α-hetero) is 1. The summed E-state index contributed by atoms with van der Waals surface area (Å²) in [5.41, 5.74) is 6.15. The van der Waals surface area contributed by atoms with Crippen molar-refractivity contribution in [3.05, 3.63) is 29.3 Å². The lowest BCUT2D eigenvalue weighted by Crippen LogP contribution is -2.32. The minimum Gasteiger partial charge on any atom is -0.507 e. The summed E-state index contributed by atoms with van der Waals surface area (Å²) >= 11 is 0. The van der Waals surface area contributed by atoms with E-state index in [0.29, 0.717) is 5.56 Å². The summed E-state index contributed by atoms with van der Waals surface area (Å²) in [5, 5.41) is 18.0. The number of rotatable bonds is 4. The first-order valence-corrected chi connectivity index (χ1v) is 4.73. The Balaban J connectivity index is 2.95. The van der Waals surface area contributed by atoms with E-state index in [1.54, 1.807) is 6.07 Å². The van der Waals surface area contributed by atoms with Gasteiger partial charge in [-0.2, -0.15) is 0 Å². The number of nitrogens with two attached hydrogens (primary N) is 1. The van der Waals surface area contributed by atoms with Gasteiger partial charge in [0.2, 0.25) is 0 Å². The van der Waals surface area contributed by atoms with Crippen LogP contribution in [0.15, 0.2) is 18.2 Å². The number of hydrogen-bond acceptors (Lipinski definition) is 4. The third-order valence-corrected chi connectivity index (χ3v) is 2.21. The Labute approximate surface area is 92.5 Å². The van der Waals surface area contributed by atoms with Crippen molar-refractivity contribution in [2.45, 2.75) is 19.4 Å². The summed E-state index contributed by atoms with van der Waals surface area (Å²) in [6.45, 7) is 1.33. The number of carboxylic acids is 1. The van der Waals surface area contributed by atoms with E-state index in [1.165, 1.54) is 19.1 Å². The van der Waals surface area contributed by atoms with Crippen LogP contribution in [-0.4, -0.2) is 28.0 Å². The number of carbonyl (C=O) groups is 2. The van der Waals surface area contributed by atoms with Crippen molar-refractivity contribution in [3.63, 3.8) is 0 Å². The molecule has 0 aliphatic heterocycles. The number of carboxylic acid groups (broad SMARTS) is 1. The van der Waals surface area contributed by atoms with E-state index in [-0.39, 0.29) is 23.5 Å². The Morgan fingerprint density at radius 2 is 2.06 bits per heavy atom. The number of phenols is 1. The number of benzene rings is 1. The molecule has 0 aromatic heterocycles. The number of phenolic OH excluding ortho intramolecular Hbond substituents is 1. The highest BCUT2D eigenvalue weighted by molar-refractivity contribution is 5.96. The van der Waals surface area contributed by atoms with E-state index >= 15 is 0 Å². The summed E-state index contributed by atoms with van der Waals surface area (Å²) in [4.78, 5) is 21.7. The zero-order valence-electron chi connectivity index (χ0n) is 8.80. The molecule has 0 bridgehead atoms. The molecule has 0 amide bonds. The van der Waals surface area contributed by atoms with E-state index in [4.69, 9.17) is 10.8 Å². The molecule has 5 heteroatoms. The van der Waals surface area contributed by atoms with Gasteiger partial charge in [-0.3, -0.25) is 9.59 Å². The fourth-order valence-electron chi connectivity index (χ4n) is 1.33. The molecule has 1 rings (SSSR count). The molecule has 0 fully saturated rings. The number of carbonyl (C=O) groups excluding carboxylic acids is 1. The van der Waals surface area contributed by atoms with Gasteiger partial charge in [-0.05, 0) is 31.0 Å². The lowest BCUT2D eigenvalue weighted by Gasteiger charge is -2.08. The van der Waals surface area contributed by atoms with Crippen LogP contribution in [0.4, 0.5) is 0 Å². The van der Waals surface area contributed by atoms with E-state index in [1.807, 2.05) is 0 Å². The largest absolute Gasteiger partial charge is 0.507 e. The number of aliphatic carboxylic acids is 1. The lowest BCUT2D eigenvalue weighted by molar-refractivity contribution is -0.138. The summed E-state index contributed by atoms with van der Waals surface area (Å²) in [5.74, 6) is -1.49. The summed E-state index contributed by atoms with van der Waals surface area (Å²) < 4.78 is 0. The standard InChI is InChI=1S/C11H13NO4/c1-6(13)8-4-7(2-3-10(8)14)5-9(12)11(15)16/h2-4,9,14H,5,12H2,1H3,(H,15,16)/t9-/m1/s1. The minimum atomic E-state index is -1.10. The first kappa shape index (κ1) is 12.2. The molecule has 0 saturated heterocycles. The summed E-state index contributed by atoms with van der Waals surface area (Å²) in [7, 11) is 0. The monoisotopic (exact) mass is 223 g/mol. The van der Waals surface area contributed by atoms with Gasteiger partial charge < -0.3 is 15.9 Å². The van der Waals surface area contributed by atoms with Crippen LogP contribution in [0, 0.1) is 0 Å². The summed E-state index contributed by atoms with van der Waals surface area (Å²) in [6.07, 6.45) is 0.121. The Kier molecular flexibility index (Phi) is 3.63. The fraction of sp³-hybridized carbons (Fsp3) is 0.273. The van der Waals surface area contributed by atoms with Gasteiger partial charge >= 0.3 is 5.97 Å². The maximum atomic E-state index is 11.1. The fourth-order valence-corrected chi connectivity index (χ4v) is 1.33. The first-order valence-electron chi connectivity index (χ1n) is 4.73. The van der Waals surface area contributed by atoms with Crippen LogP contribution in [0.1, 0.15) is 22.8 Å². The van der Waals surface area contributed by atoms with E-state index < -0.39 is 12.0 Å². The topological polar surface area (TPSA) is 101 Å². The molecule has 1 aromatic carbocycles. The molecule has 0 saturated carbocycles. The van der Waals surface area contributed by atoms with Gasteiger partial charge in [-0.15, -0.1) is 0 Å². The molecule has 16 heavy (non-hydrogen) atoms. The highest BCUT2D eigenvalue weighted by Crippen LogP contribution is 2.19. The van der Waals surface area contributed by atoms with E-state index in [2.05, 4.69) is 0 Å². The van der Waals surface area contributed by atoms with Crippen LogP contribution in [-0.2, 0) is 11.2 Å². The van der Waals surface area contributed by atoms with Crippen LogP contribution in [0.2, 0.25) is 0 Å². The van der Waals surface area contributed by atoms with Crippen molar-refractivity contribution in [1.29, 1.82) is 0 Å². The molecule has 0 aliphatic rings. The maximum Gasteiger partial charge on any atom is 0.320 e. The second kappa shape index (κ2) is 4.76. The van der Waals surface area contributed by atoms with Gasteiger partial charge in [0, 0.05) is 0 Å². The van der Waals surface area contributed by atoms with Crippen molar-refractivity contribution < 1.29 is 19.8 Å². The van der Waals surface area contributed by atoms with E-state index in [9.17, 15) is 14.7 Å². The van der Waals surface area contributed by atoms with Crippen LogP contribution < -0.4 is 5.73 Å². The maximum absolute atomic E-state index is 11.1. The second-order valence-corrected chi connectivity index (χ2v) is 3.56. The molecule has 5 nitrogen and oxygen atoms in total. The Morgan fingerprint density at radius 1 is 1.44 bits per heavy atom. The van der Waals surface area contributed by atoms with Crippen molar-refractivity contribution in [3.8, 4) is 5.75 Å². The highest BCUT2D eigenvalue weighted by Gasteiger charge is 2.14. The summed E-state index contributed by atoms with van der Waals surface area (Å²) in [6, 6.07) is 3.36. The predicted molar refractivity (Wildman–Crippen MR) is 57.4 cm³/mol. The van der Waals surface area contributed by atoms with Crippen molar-refractivity contribution >= 4 is 11.8 Å². The van der Waals surface area contributed by atoms with Crippen LogP contribution in [0.25, 0.3) is 0 Å². The molecule has 1 aromatic rings. The number of hydrogen-bond donors (Lipinski definition) is 3. The zero-order valence-corrected chi connectivity index (χ0v) is 8.80. The van der Waals surface area contributed by atoms with Gasteiger partial charge in [-0.25, -0.2) is 0 Å². The van der Waals surface area contributed by atoms with Gasteiger partial charge in [0.05, 0.1) is 5.56 Å². The number of aromatic hydroxyl groups is 1. The third kappa shape index (κ3) is 2.80. The smallest absolute Gasteiger partial charge is 0.320 e. The van der Waals surface area contributed by atoms with Crippen LogP contribution >= 0.6 is 0 Å². The van der Waals surface area contributed by atoms with Gasteiger partial charge in [-0.1, -0.05) is 6.07 Å².